The molecular weight excluding hydrogens is 324 g/mol. The Kier molecular flexibility index (Phi) is 10.1. The van der Waals surface area contributed by atoms with Crippen molar-refractivity contribution >= 4 is 35.8 Å². The Bertz CT molecular complexity index is 522. The summed E-state index contributed by atoms with van der Waals surface area (Å²) in [5.74, 6) is -0.446. The lowest BCUT2D eigenvalue weighted by atomic mass is 10.3. The van der Waals surface area contributed by atoms with Crippen LogP contribution < -0.4 is 26.4 Å². The number of benzene rings is 1. The first-order valence-electron chi connectivity index (χ1n) is 6.81. The van der Waals surface area contributed by atoms with Gasteiger partial charge in [-0.3, -0.25) is 14.4 Å². The number of halogens is 1. The highest BCUT2D eigenvalue weighted by atomic mass is 35.5. The molecular formula is C14H21ClN4O4. The lowest BCUT2D eigenvalue weighted by Gasteiger charge is -2.08. The van der Waals surface area contributed by atoms with Gasteiger partial charge in [-0.1, -0.05) is 0 Å². The molecule has 1 rings (SSSR count). The number of nitrogens with one attached hydrogen (secondary N) is 3. The predicted molar refractivity (Wildman–Crippen MR) is 88.6 cm³/mol. The average Bonchev–Trinajstić information content (AvgIpc) is 2.52. The number of anilines is 1. The quantitative estimate of drug-likeness (QED) is 0.513. The van der Waals surface area contributed by atoms with Gasteiger partial charge in [0.15, 0.2) is 6.61 Å². The van der Waals surface area contributed by atoms with E-state index >= 15 is 0 Å². The molecule has 23 heavy (non-hydrogen) atoms. The van der Waals surface area contributed by atoms with Crippen molar-refractivity contribution in [1.29, 1.82) is 0 Å². The molecule has 1 aromatic rings. The van der Waals surface area contributed by atoms with E-state index in [1.807, 2.05) is 6.92 Å². The molecule has 0 unspecified atom stereocenters. The van der Waals surface area contributed by atoms with Crippen molar-refractivity contribution in [3.63, 3.8) is 0 Å². The molecule has 0 aromatic heterocycles. The fourth-order valence-corrected chi connectivity index (χ4v) is 1.49. The third kappa shape index (κ3) is 8.64. The number of hydrogen-bond donors (Lipinski definition) is 4. The molecule has 0 saturated carbocycles. The maximum absolute atomic E-state index is 11.6. The summed E-state index contributed by atoms with van der Waals surface area (Å²) in [6, 6.07) is 6.53. The smallest absolute Gasteiger partial charge is 0.257 e. The van der Waals surface area contributed by atoms with Gasteiger partial charge in [0.05, 0.1) is 13.1 Å². The van der Waals surface area contributed by atoms with Crippen molar-refractivity contribution in [2.45, 2.75) is 6.92 Å². The van der Waals surface area contributed by atoms with Crippen LogP contribution in [0.5, 0.6) is 5.75 Å². The van der Waals surface area contributed by atoms with Gasteiger partial charge < -0.3 is 26.4 Å². The highest BCUT2D eigenvalue weighted by Gasteiger charge is 2.05. The van der Waals surface area contributed by atoms with Crippen LogP contribution >= 0.6 is 12.4 Å². The fourth-order valence-electron chi connectivity index (χ4n) is 1.49. The summed E-state index contributed by atoms with van der Waals surface area (Å²) < 4.78 is 5.28. The van der Waals surface area contributed by atoms with Gasteiger partial charge in [-0.2, -0.15) is 0 Å². The number of likely N-dealkylation sites (N-methyl/N-ethyl adjacent to an activating group) is 1. The molecule has 9 heteroatoms. The second-order valence-electron chi connectivity index (χ2n) is 4.30. The van der Waals surface area contributed by atoms with Gasteiger partial charge in [-0.25, -0.2) is 0 Å². The minimum absolute atomic E-state index is 0. The summed E-state index contributed by atoms with van der Waals surface area (Å²) in [4.78, 5) is 33.7. The summed E-state index contributed by atoms with van der Waals surface area (Å²) in [7, 11) is 0. The van der Waals surface area contributed by atoms with Crippen molar-refractivity contribution < 1.29 is 19.1 Å². The van der Waals surface area contributed by atoms with Crippen LogP contribution in [0.25, 0.3) is 0 Å². The van der Waals surface area contributed by atoms with Gasteiger partial charge in [-0.05, 0) is 31.2 Å². The monoisotopic (exact) mass is 344 g/mol. The summed E-state index contributed by atoms with van der Waals surface area (Å²) >= 11 is 0. The maximum atomic E-state index is 11.6. The maximum Gasteiger partial charge on any atom is 0.257 e. The summed E-state index contributed by atoms with van der Waals surface area (Å²) in [5.41, 5.74) is 5.66. The Balaban J connectivity index is 0.00000484. The number of ether oxygens (including phenoxy) is 1. The van der Waals surface area contributed by atoms with Crippen LogP contribution in [0.15, 0.2) is 24.3 Å². The van der Waals surface area contributed by atoms with Crippen molar-refractivity contribution in [3.05, 3.63) is 24.3 Å². The van der Waals surface area contributed by atoms with Gasteiger partial charge >= 0.3 is 0 Å². The van der Waals surface area contributed by atoms with Gasteiger partial charge in [0.1, 0.15) is 5.75 Å². The number of hydrogen-bond acceptors (Lipinski definition) is 5. The highest BCUT2D eigenvalue weighted by molar-refractivity contribution is 5.94. The topological polar surface area (TPSA) is 123 Å². The van der Waals surface area contributed by atoms with Crippen LogP contribution in [-0.4, -0.2) is 44.0 Å². The van der Waals surface area contributed by atoms with Gasteiger partial charge in [0, 0.05) is 12.2 Å². The van der Waals surface area contributed by atoms with E-state index in [0.29, 0.717) is 18.0 Å². The summed E-state index contributed by atoms with van der Waals surface area (Å²) in [5, 5.41) is 7.58. The molecule has 3 amide bonds. The average molecular weight is 345 g/mol. The Morgan fingerprint density at radius 3 is 2.26 bits per heavy atom. The second-order valence-corrected chi connectivity index (χ2v) is 4.30. The minimum Gasteiger partial charge on any atom is -0.484 e. The third-order valence-electron chi connectivity index (χ3n) is 2.51. The van der Waals surface area contributed by atoms with Crippen LogP contribution in [0, 0.1) is 0 Å². The number of amides is 3. The lowest BCUT2D eigenvalue weighted by Crippen LogP contribution is -2.36. The Morgan fingerprint density at radius 2 is 1.70 bits per heavy atom. The molecule has 0 fully saturated rings. The Labute approximate surface area is 140 Å². The largest absolute Gasteiger partial charge is 0.484 e. The molecule has 8 nitrogen and oxygen atoms in total. The molecule has 0 heterocycles. The molecule has 5 N–H and O–H groups in total. The predicted octanol–water partition coefficient (Wildman–Crippen LogP) is -0.363. The molecule has 0 saturated heterocycles. The molecule has 0 spiro atoms. The first-order valence-corrected chi connectivity index (χ1v) is 6.81. The zero-order chi connectivity index (χ0) is 16.4. The standard InChI is InChI=1S/C14H20N4O4.ClH/c1-2-16-14(21)9-22-11-5-3-10(4-6-11)18-13(20)8-17-12(19)7-15;/h3-6H,2,7-9,15H2,1H3,(H,16,21)(H,17,19)(H,18,20);1H. The van der Waals surface area contributed by atoms with Crippen LogP contribution in [0.1, 0.15) is 6.92 Å². The number of nitrogens with two attached hydrogens (primary N) is 1. The number of carbonyl (C=O) groups is 3. The fraction of sp³-hybridized carbons (Fsp3) is 0.357. The van der Waals surface area contributed by atoms with Crippen molar-refractivity contribution in [1.82, 2.24) is 10.6 Å². The summed E-state index contributed by atoms with van der Waals surface area (Å²) in [6.45, 7) is 2.00. The molecule has 0 aliphatic heterocycles. The zero-order valence-corrected chi connectivity index (χ0v) is 13.6. The number of rotatable bonds is 8. The van der Waals surface area contributed by atoms with Crippen LogP contribution in [-0.2, 0) is 14.4 Å². The Morgan fingerprint density at radius 1 is 1.04 bits per heavy atom. The van der Waals surface area contributed by atoms with Crippen molar-refractivity contribution in [3.8, 4) is 5.75 Å². The SMILES string of the molecule is CCNC(=O)COc1ccc(NC(=O)CNC(=O)CN)cc1.Cl. The van der Waals surface area contributed by atoms with Crippen molar-refractivity contribution in [2.24, 2.45) is 5.73 Å². The summed E-state index contributed by atoms with van der Waals surface area (Å²) in [6.07, 6.45) is 0. The molecule has 0 atom stereocenters. The molecule has 0 aliphatic carbocycles. The second kappa shape index (κ2) is 11.3. The highest BCUT2D eigenvalue weighted by Crippen LogP contribution is 2.15. The lowest BCUT2D eigenvalue weighted by molar-refractivity contribution is -0.123. The van der Waals surface area contributed by atoms with Crippen molar-refractivity contribution in [2.75, 3.05) is 31.6 Å². The molecule has 0 bridgehead atoms. The molecule has 128 valence electrons. The zero-order valence-electron chi connectivity index (χ0n) is 12.8. The first kappa shape index (κ1) is 20.7. The first-order chi connectivity index (χ1) is 10.5. The minimum atomic E-state index is -0.399. The molecule has 0 aliphatic rings. The van der Waals surface area contributed by atoms with E-state index < -0.39 is 5.91 Å². The number of carbonyl (C=O) groups excluding carboxylic acids is 3. The van der Waals surface area contributed by atoms with E-state index in [-0.39, 0.29) is 43.9 Å². The van der Waals surface area contributed by atoms with Crippen LogP contribution in [0.2, 0.25) is 0 Å². The van der Waals surface area contributed by atoms with E-state index in [2.05, 4.69) is 16.0 Å². The van der Waals surface area contributed by atoms with E-state index in [0.717, 1.165) is 0 Å². The molecule has 0 radical (unpaired) electrons. The van der Waals surface area contributed by atoms with Gasteiger partial charge in [0.25, 0.3) is 5.91 Å². The van der Waals surface area contributed by atoms with Crippen LogP contribution in [0.4, 0.5) is 5.69 Å². The van der Waals surface area contributed by atoms with E-state index in [4.69, 9.17) is 10.5 Å². The van der Waals surface area contributed by atoms with Gasteiger partial charge in [0.2, 0.25) is 11.8 Å². The van der Waals surface area contributed by atoms with E-state index in [9.17, 15) is 14.4 Å². The van der Waals surface area contributed by atoms with Crippen LogP contribution in [0.3, 0.4) is 0 Å². The van der Waals surface area contributed by atoms with E-state index in [1.165, 1.54) is 0 Å². The Hall–Kier alpha value is -2.32. The molecule has 1 aromatic carbocycles. The normalized spacial score (nSPS) is 9.30. The third-order valence-corrected chi connectivity index (χ3v) is 2.51. The van der Waals surface area contributed by atoms with E-state index in [1.54, 1.807) is 24.3 Å². The van der Waals surface area contributed by atoms with Gasteiger partial charge in [-0.15, -0.1) is 12.4 Å².